The van der Waals surface area contributed by atoms with E-state index in [1.54, 1.807) is 6.92 Å². The fourth-order valence-electron chi connectivity index (χ4n) is 2.10. The first-order valence-corrected chi connectivity index (χ1v) is 9.62. The molecule has 1 amide bonds. The lowest BCUT2D eigenvalue weighted by molar-refractivity contribution is -0.134. The van der Waals surface area contributed by atoms with Crippen LogP contribution in [0.5, 0.6) is 0 Å². The summed E-state index contributed by atoms with van der Waals surface area (Å²) < 4.78 is 31.2. The van der Waals surface area contributed by atoms with Gasteiger partial charge in [0.05, 0.1) is 35.4 Å². The molecule has 0 radical (unpaired) electrons. The van der Waals surface area contributed by atoms with Crippen LogP contribution in [0.15, 0.2) is 29.2 Å². The second kappa shape index (κ2) is 10.9. The summed E-state index contributed by atoms with van der Waals surface area (Å²) in [7, 11) is -3.73. The normalized spacial score (nSPS) is 10.5. The van der Waals surface area contributed by atoms with E-state index in [1.165, 1.54) is 23.1 Å². The van der Waals surface area contributed by atoms with Crippen molar-refractivity contribution in [3.63, 3.8) is 0 Å². The molecule has 1 N–H and O–H groups in total. The average molecular weight is 392 g/mol. The SMILES string of the molecule is CCNS(=O)(=O)c1cccc(C(=O)OCC(=O)N(CCC#N)CCC#N)c1. The van der Waals surface area contributed by atoms with Gasteiger partial charge in [0.2, 0.25) is 10.0 Å². The zero-order valence-electron chi connectivity index (χ0n) is 14.8. The van der Waals surface area contributed by atoms with Crippen LogP contribution in [0.25, 0.3) is 0 Å². The van der Waals surface area contributed by atoms with Gasteiger partial charge in [0.15, 0.2) is 6.61 Å². The molecule has 0 saturated heterocycles. The summed E-state index contributed by atoms with van der Waals surface area (Å²) in [6.07, 6.45) is 0.185. The Morgan fingerprint density at radius 1 is 1.19 bits per heavy atom. The highest BCUT2D eigenvalue weighted by Crippen LogP contribution is 2.12. The number of nitrogens with zero attached hydrogens (tertiary/aromatic N) is 3. The molecule has 10 heteroatoms. The minimum absolute atomic E-state index is 0.0117. The fourth-order valence-corrected chi connectivity index (χ4v) is 3.18. The molecule has 0 spiro atoms. The monoisotopic (exact) mass is 392 g/mol. The molecule has 9 nitrogen and oxygen atoms in total. The van der Waals surface area contributed by atoms with E-state index in [2.05, 4.69) is 4.72 Å². The van der Waals surface area contributed by atoms with Gasteiger partial charge in [-0.1, -0.05) is 13.0 Å². The van der Waals surface area contributed by atoms with Crippen molar-refractivity contribution >= 4 is 21.9 Å². The zero-order valence-corrected chi connectivity index (χ0v) is 15.7. The number of rotatable bonds is 10. The molecule has 1 rings (SSSR count). The minimum Gasteiger partial charge on any atom is -0.452 e. The smallest absolute Gasteiger partial charge is 0.338 e. The molecule has 27 heavy (non-hydrogen) atoms. The molecular weight excluding hydrogens is 372 g/mol. The van der Waals surface area contributed by atoms with Crippen molar-refractivity contribution in [3.8, 4) is 12.1 Å². The van der Waals surface area contributed by atoms with Gasteiger partial charge in [-0.05, 0) is 18.2 Å². The number of amides is 1. The van der Waals surface area contributed by atoms with Gasteiger partial charge in [0.25, 0.3) is 5.91 Å². The number of benzene rings is 1. The molecule has 1 aromatic carbocycles. The average Bonchev–Trinajstić information content (AvgIpc) is 2.66. The number of hydrogen-bond donors (Lipinski definition) is 1. The first kappa shape index (κ1) is 22.1. The molecule has 0 aliphatic carbocycles. The van der Waals surface area contributed by atoms with E-state index in [1.807, 2.05) is 12.1 Å². The Balaban J connectivity index is 2.77. The topological polar surface area (TPSA) is 140 Å². The number of ether oxygens (including phenoxy) is 1. The number of hydrogen-bond acceptors (Lipinski definition) is 7. The molecule has 0 bridgehead atoms. The predicted octanol–water partition coefficient (Wildman–Crippen LogP) is 0.798. The van der Waals surface area contributed by atoms with Crippen LogP contribution >= 0.6 is 0 Å². The predicted molar refractivity (Wildman–Crippen MR) is 94.6 cm³/mol. The van der Waals surface area contributed by atoms with Crippen molar-refractivity contribution in [2.45, 2.75) is 24.7 Å². The summed E-state index contributed by atoms with van der Waals surface area (Å²) in [5.74, 6) is -1.39. The molecule has 0 aliphatic rings. The molecule has 0 aromatic heterocycles. The van der Waals surface area contributed by atoms with E-state index >= 15 is 0 Å². The number of nitrogens with one attached hydrogen (secondary N) is 1. The molecule has 0 aliphatic heterocycles. The Labute approximate surface area is 158 Å². The Morgan fingerprint density at radius 3 is 2.37 bits per heavy atom. The molecule has 0 fully saturated rings. The van der Waals surface area contributed by atoms with E-state index in [0.29, 0.717) is 0 Å². The van der Waals surface area contributed by atoms with Gasteiger partial charge in [-0.25, -0.2) is 17.9 Å². The van der Waals surface area contributed by atoms with Crippen LogP contribution in [0.1, 0.15) is 30.1 Å². The van der Waals surface area contributed by atoms with Crippen LogP contribution in [0, 0.1) is 22.7 Å². The minimum atomic E-state index is -3.73. The fraction of sp³-hybridized carbons (Fsp3) is 0.412. The highest BCUT2D eigenvalue weighted by molar-refractivity contribution is 7.89. The molecule has 144 valence electrons. The summed E-state index contributed by atoms with van der Waals surface area (Å²) in [5.41, 5.74) is -0.0117. The molecule has 0 atom stereocenters. The maximum Gasteiger partial charge on any atom is 0.338 e. The van der Waals surface area contributed by atoms with Crippen molar-refractivity contribution in [2.24, 2.45) is 0 Å². The second-order valence-electron chi connectivity index (χ2n) is 5.30. The zero-order chi connectivity index (χ0) is 20.3. The third kappa shape index (κ3) is 7.05. The highest BCUT2D eigenvalue weighted by atomic mass is 32.2. The third-order valence-corrected chi connectivity index (χ3v) is 4.92. The van der Waals surface area contributed by atoms with E-state index in [9.17, 15) is 18.0 Å². The van der Waals surface area contributed by atoms with Crippen molar-refractivity contribution in [1.82, 2.24) is 9.62 Å². The molecule has 0 heterocycles. The summed E-state index contributed by atoms with van der Waals surface area (Å²) in [4.78, 5) is 25.4. The number of esters is 1. The first-order chi connectivity index (χ1) is 12.9. The Morgan fingerprint density at radius 2 is 1.81 bits per heavy atom. The van der Waals surface area contributed by atoms with Crippen molar-refractivity contribution in [3.05, 3.63) is 29.8 Å². The lowest BCUT2D eigenvalue weighted by Gasteiger charge is -2.20. The maximum absolute atomic E-state index is 12.1. The van der Waals surface area contributed by atoms with Crippen LogP contribution in [-0.4, -0.2) is 51.4 Å². The number of carbonyl (C=O) groups excluding carboxylic acids is 2. The van der Waals surface area contributed by atoms with E-state index < -0.39 is 28.5 Å². The van der Waals surface area contributed by atoms with Gasteiger partial charge in [0.1, 0.15) is 0 Å². The van der Waals surface area contributed by atoms with Crippen molar-refractivity contribution in [1.29, 1.82) is 10.5 Å². The molecule has 0 unspecified atom stereocenters. The number of carbonyl (C=O) groups is 2. The maximum atomic E-state index is 12.1. The Bertz CT molecular complexity index is 837. The first-order valence-electron chi connectivity index (χ1n) is 8.14. The van der Waals surface area contributed by atoms with Crippen LogP contribution < -0.4 is 4.72 Å². The summed E-state index contributed by atoms with van der Waals surface area (Å²) >= 11 is 0. The van der Waals surface area contributed by atoms with Crippen LogP contribution in [-0.2, 0) is 19.6 Å². The quantitative estimate of drug-likeness (QED) is 0.581. The Hall–Kier alpha value is -2.95. The van der Waals surface area contributed by atoms with Gasteiger partial charge >= 0.3 is 5.97 Å². The largest absolute Gasteiger partial charge is 0.452 e. The summed E-state index contributed by atoms with van der Waals surface area (Å²) in [6, 6.07) is 9.08. The molecule has 0 saturated carbocycles. The van der Waals surface area contributed by atoms with E-state index in [-0.39, 0.29) is 42.9 Å². The van der Waals surface area contributed by atoms with Gasteiger partial charge in [-0.2, -0.15) is 10.5 Å². The van der Waals surface area contributed by atoms with Crippen molar-refractivity contribution in [2.75, 3.05) is 26.2 Å². The van der Waals surface area contributed by atoms with E-state index in [4.69, 9.17) is 15.3 Å². The second-order valence-corrected chi connectivity index (χ2v) is 7.07. The van der Waals surface area contributed by atoms with Gasteiger partial charge in [-0.3, -0.25) is 4.79 Å². The van der Waals surface area contributed by atoms with Crippen LogP contribution in [0.3, 0.4) is 0 Å². The van der Waals surface area contributed by atoms with Crippen LogP contribution in [0.2, 0.25) is 0 Å². The number of nitriles is 2. The van der Waals surface area contributed by atoms with Crippen molar-refractivity contribution < 1.29 is 22.7 Å². The summed E-state index contributed by atoms with van der Waals surface area (Å²) in [5, 5.41) is 17.3. The Kier molecular flexibility index (Phi) is 8.93. The molecular formula is C17H20N4O5S. The third-order valence-electron chi connectivity index (χ3n) is 3.38. The molecule has 1 aromatic rings. The van der Waals surface area contributed by atoms with Crippen LogP contribution in [0.4, 0.5) is 0 Å². The number of sulfonamides is 1. The van der Waals surface area contributed by atoms with Gasteiger partial charge in [-0.15, -0.1) is 0 Å². The lowest BCUT2D eigenvalue weighted by atomic mass is 10.2. The summed E-state index contributed by atoms with van der Waals surface area (Å²) in [6.45, 7) is 1.52. The lowest BCUT2D eigenvalue weighted by Crippen LogP contribution is -2.36. The van der Waals surface area contributed by atoms with E-state index in [0.717, 1.165) is 6.07 Å². The van der Waals surface area contributed by atoms with Gasteiger partial charge < -0.3 is 9.64 Å². The highest BCUT2D eigenvalue weighted by Gasteiger charge is 2.18. The standard InChI is InChI=1S/C17H20N4O5S/c1-2-20-27(24,25)15-7-3-6-14(12-15)17(23)26-13-16(22)21(10-4-8-18)11-5-9-19/h3,6-7,12,20H,2,4-5,10-11,13H2,1H3. The van der Waals surface area contributed by atoms with Gasteiger partial charge in [0, 0.05) is 19.6 Å².